The van der Waals surface area contributed by atoms with E-state index in [1.807, 2.05) is 13.0 Å². The lowest BCUT2D eigenvalue weighted by Crippen LogP contribution is -2.19. The minimum absolute atomic E-state index is 0.00681. The topological polar surface area (TPSA) is 81.4 Å². The van der Waals surface area contributed by atoms with Gasteiger partial charge in [-0.1, -0.05) is 17.7 Å². The van der Waals surface area contributed by atoms with Gasteiger partial charge in [0.05, 0.1) is 10.7 Å². The molecule has 21 heavy (non-hydrogen) atoms. The van der Waals surface area contributed by atoms with Crippen molar-refractivity contribution in [3.05, 3.63) is 47.0 Å². The van der Waals surface area contributed by atoms with Gasteiger partial charge in [-0.15, -0.1) is 0 Å². The second-order valence-corrected chi connectivity index (χ2v) is 6.71. The van der Waals surface area contributed by atoms with E-state index in [-0.39, 0.29) is 10.6 Å². The number of halogens is 1. The van der Waals surface area contributed by atoms with Crippen molar-refractivity contribution in [3.8, 4) is 11.5 Å². The molecular weight excluding hydrogens is 312 g/mol. The Morgan fingerprint density at radius 3 is 2.48 bits per heavy atom. The molecule has 0 aromatic heterocycles. The molecule has 0 aliphatic heterocycles. The molecule has 0 fully saturated rings. The van der Waals surface area contributed by atoms with Gasteiger partial charge in [-0.05, 0) is 43.8 Å². The average Bonchev–Trinajstić information content (AvgIpc) is 2.42. The minimum atomic E-state index is -3.59. The predicted octanol–water partition coefficient (Wildman–Crippen LogP) is 2.93. The number of hydrogen-bond donors (Lipinski definition) is 2. The summed E-state index contributed by atoms with van der Waals surface area (Å²) in [5.74, 6) is 0.888. The van der Waals surface area contributed by atoms with Crippen LogP contribution < -0.4 is 15.2 Å². The van der Waals surface area contributed by atoms with Gasteiger partial charge >= 0.3 is 0 Å². The second kappa shape index (κ2) is 5.93. The van der Waals surface area contributed by atoms with Crippen LogP contribution in [0.4, 0.5) is 5.69 Å². The van der Waals surface area contributed by atoms with Gasteiger partial charge in [0, 0.05) is 6.07 Å². The van der Waals surface area contributed by atoms with Gasteiger partial charge in [-0.2, -0.15) is 0 Å². The number of aryl methyl sites for hydroxylation is 1. The maximum Gasteiger partial charge on any atom is 0.242 e. The zero-order valence-corrected chi connectivity index (χ0v) is 13.1. The predicted molar refractivity (Wildman–Crippen MR) is 83.4 cm³/mol. The van der Waals surface area contributed by atoms with Crippen LogP contribution in [0, 0.1) is 6.92 Å². The number of nitrogens with two attached hydrogens (primary N) is 1. The highest BCUT2D eigenvalue weighted by Crippen LogP contribution is 2.32. The Hall–Kier alpha value is -1.76. The van der Waals surface area contributed by atoms with E-state index in [1.54, 1.807) is 12.1 Å². The van der Waals surface area contributed by atoms with Crippen molar-refractivity contribution in [2.75, 3.05) is 12.8 Å². The molecule has 0 spiro atoms. The van der Waals surface area contributed by atoms with Crippen molar-refractivity contribution in [2.45, 2.75) is 11.8 Å². The summed E-state index contributed by atoms with van der Waals surface area (Å²) >= 11 is 6.08. The lowest BCUT2D eigenvalue weighted by Gasteiger charge is -2.11. The Bertz CT molecular complexity index is 776. The molecular formula is C14H15ClN2O3S. The number of benzene rings is 2. The van der Waals surface area contributed by atoms with Gasteiger partial charge in [0.15, 0.2) is 0 Å². The molecule has 3 N–H and O–H groups in total. The van der Waals surface area contributed by atoms with Crippen molar-refractivity contribution in [1.29, 1.82) is 0 Å². The van der Waals surface area contributed by atoms with E-state index in [4.69, 9.17) is 22.1 Å². The molecule has 0 atom stereocenters. The first-order valence-electron chi connectivity index (χ1n) is 6.10. The fraction of sp³-hybridized carbons (Fsp3) is 0.143. The van der Waals surface area contributed by atoms with E-state index in [1.165, 1.54) is 25.2 Å². The molecule has 0 radical (unpaired) electrons. The second-order valence-electron chi connectivity index (χ2n) is 4.44. The highest BCUT2D eigenvalue weighted by Gasteiger charge is 2.16. The zero-order chi connectivity index (χ0) is 15.6. The molecule has 2 aromatic carbocycles. The molecule has 112 valence electrons. The Balaban J connectivity index is 2.33. The fourth-order valence-corrected chi connectivity index (χ4v) is 2.87. The van der Waals surface area contributed by atoms with E-state index in [0.717, 1.165) is 5.56 Å². The van der Waals surface area contributed by atoms with Crippen LogP contribution in [0.25, 0.3) is 0 Å². The Labute approximate surface area is 128 Å². The van der Waals surface area contributed by atoms with E-state index in [2.05, 4.69) is 4.72 Å². The number of nitrogens with one attached hydrogen (secondary N) is 1. The van der Waals surface area contributed by atoms with Gasteiger partial charge < -0.3 is 10.5 Å². The summed E-state index contributed by atoms with van der Waals surface area (Å²) in [5.41, 5.74) is 6.88. The van der Waals surface area contributed by atoms with Crippen molar-refractivity contribution < 1.29 is 13.2 Å². The van der Waals surface area contributed by atoms with Gasteiger partial charge in [-0.3, -0.25) is 0 Å². The summed E-state index contributed by atoms with van der Waals surface area (Å²) in [5, 5.41) is 0.473. The Morgan fingerprint density at radius 1 is 1.19 bits per heavy atom. The molecule has 0 amide bonds. The van der Waals surface area contributed by atoms with Crippen LogP contribution in [0.5, 0.6) is 11.5 Å². The first-order chi connectivity index (χ1) is 9.83. The van der Waals surface area contributed by atoms with Crippen LogP contribution >= 0.6 is 11.6 Å². The monoisotopic (exact) mass is 326 g/mol. The molecule has 0 bridgehead atoms. The average molecular weight is 327 g/mol. The third kappa shape index (κ3) is 3.47. The van der Waals surface area contributed by atoms with Crippen molar-refractivity contribution in [3.63, 3.8) is 0 Å². The maximum atomic E-state index is 11.7. The summed E-state index contributed by atoms with van der Waals surface area (Å²) in [6.07, 6.45) is 0. The molecule has 0 unspecified atom stereocenters. The van der Waals surface area contributed by atoms with Gasteiger partial charge in [0.25, 0.3) is 0 Å². The molecule has 2 aromatic rings. The molecule has 0 heterocycles. The van der Waals surface area contributed by atoms with Crippen molar-refractivity contribution in [1.82, 2.24) is 4.72 Å². The summed E-state index contributed by atoms with van der Waals surface area (Å²) in [6.45, 7) is 1.92. The van der Waals surface area contributed by atoms with Crippen LogP contribution in [0.1, 0.15) is 5.56 Å². The highest BCUT2D eigenvalue weighted by atomic mass is 35.5. The summed E-state index contributed by atoms with van der Waals surface area (Å²) in [6, 6.07) is 9.74. The van der Waals surface area contributed by atoms with Gasteiger partial charge in [0.1, 0.15) is 16.4 Å². The van der Waals surface area contributed by atoms with Crippen LogP contribution in [-0.4, -0.2) is 15.5 Å². The number of hydrogen-bond acceptors (Lipinski definition) is 4. The third-order valence-corrected chi connectivity index (χ3v) is 4.64. The first-order valence-corrected chi connectivity index (χ1v) is 7.96. The summed E-state index contributed by atoms with van der Waals surface area (Å²) in [7, 11) is -2.26. The Kier molecular flexibility index (Phi) is 4.41. The smallest absolute Gasteiger partial charge is 0.242 e. The van der Waals surface area contributed by atoms with Crippen molar-refractivity contribution >= 4 is 27.3 Å². The lowest BCUT2D eigenvalue weighted by atomic mass is 10.2. The number of nitrogen functional groups attached to an aromatic ring is 1. The van der Waals surface area contributed by atoms with Crippen LogP contribution in [0.3, 0.4) is 0 Å². The number of sulfonamides is 1. The third-order valence-electron chi connectivity index (χ3n) is 2.85. The fourth-order valence-electron chi connectivity index (χ4n) is 1.76. The van der Waals surface area contributed by atoms with E-state index in [0.29, 0.717) is 16.5 Å². The van der Waals surface area contributed by atoms with Crippen LogP contribution in [-0.2, 0) is 10.0 Å². The van der Waals surface area contributed by atoms with Gasteiger partial charge in [-0.25, -0.2) is 13.1 Å². The lowest BCUT2D eigenvalue weighted by molar-refractivity contribution is 0.482. The largest absolute Gasteiger partial charge is 0.456 e. The highest BCUT2D eigenvalue weighted by molar-refractivity contribution is 7.89. The molecule has 2 rings (SSSR count). The number of rotatable bonds is 4. The normalized spacial score (nSPS) is 11.4. The van der Waals surface area contributed by atoms with E-state index in [9.17, 15) is 8.42 Å². The summed E-state index contributed by atoms with van der Waals surface area (Å²) < 4.78 is 31.3. The quantitative estimate of drug-likeness (QED) is 0.846. The maximum absolute atomic E-state index is 11.7. The molecule has 0 saturated heterocycles. The molecule has 5 nitrogen and oxygen atoms in total. The standard InChI is InChI=1S/C14H15ClN2O3S/c1-9-3-5-13(11(15)7-9)20-10-4-6-14(12(16)8-10)21(18,19)17-2/h3-8,17H,16H2,1-2H3. The van der Waals surface area contributed by atoms with Crippen LogP contribution in [0.15, 0.2) is 41.3 Å². The van der Waals surface area contributed by atoms with Gasteiger partial charge in [0.2, 0.25) is 10.0 Å². The summed E-state index contributed by atoms with van der Waals surface area (Å²) in [4.78, 5) is 0.00681. The van der Waals surface area contributed by atoms with E-state index >= 15 is 0 Å². The minimum Gasteiger partial charge on any atom is -0.456 e. The number of ether oxygens (including phenoxy) is 1. The van der Waals surface area contributed by atoms with Crippen LogP contribution in [0.2, 0.25) is 5.02 Å². The first kappa shape index (κ1) is 15.6. The molecule has 7 heteroatoms. The molecule has 0 aliphatic rings. The van der Waals surface area contributed by atoms with E-state index < -0.39 is 10.0 Å². The molecule has 0 saturated carbocycles. The Morgan fingerprint density at radius 2 is 1.90 bits per heavy atom. The zero-order valence-electron chi connectivity index (χ0n) is 11.6. The number of anilines is 1. The molecule has 0 aliphatic carbocycles. The van der Waals surface area contributed by atoms with Crippen molar-refractivity contribution in [2.24, 2.45) is 0 Å². The SMILES string of the molecule is CNS(=O)(=O)c1ccc(Oc2ccc(C)cc2Cl)cc1N.